The minimum atomic E-state index is -0.293. The fourth-order valence-electron chi connectivity index (χ4n) is 2.36. The lowest BCUT2D eigenvalue weighted by Gasteiger charge is -2.12. The SMILES string of the molecule is COc1ccc(C(C)=O)c(OCC(=O)Nc2cccc(C(C)C)c2)c1. The number of ether oxygens (including phenoxy) is 2. The molecule has 0 saturated carbocycles. The van der Waals surface area contributed by atoms with Crippen LogP contribution in [0.5, 0.6) is 11.5 Å². The second-order valence-corrected chi connectivity index (χ2v) is 6.04. The van der Waals surface area contributed by atoms with Crippen LogP contribution >= 0.6 is 0 Å². The molecule has 0 spiro atoms. The molecule has 2 aromatic rings. The number of hydrogen-bond donors (Lipinski definition) is 1. The molecule has 0 aliphatic rings. The first-order chi connectivity index (χ1) is 11.9. The van der Waals surface area contributed by atoms with E-state index in [0.29, 0.717) is 23.0 Å². The summed E-state index contributed by atoms with van der Waals surface area (Å²) >= 11 is 0. The highest BCUT2D eigenvalue weighted by molar-refractivity contribution is 5.97. The van der Waals surface area contributed by atoms with Gasteiger partial charge in [-0.25, -0.2) is 0 Å². The molecule has 1 amide bonds. The molecule has 0 atom stereocenters. The maximum atomic E-state index is 12.2. The van der Waals surface area contributed by atoms with Gasteiger partial charge in [-0.05, 0) is 42.7 Å². The van der Waals surface area contributed by atoms with Crippen molar-refractivity contribution in [2.75, 3.05) is 19.0 Å². The van der Waals surface area contributed by atoms with Gasteiger partial charge in [-0.1, -0.05) is 26.0 Å². The van der Waals surface area contributed by atoms with Crippen molar-refractivity contribution >= 4 is 17.4 Å². The molecule has 0 unspecified atom stereocenters. The van der Waals surface area contributed by atoms with Crippen LogP contribution in [0, 0.1) is 0 Å². The third kappa shape index (κ3) is 5.08. The van der Waals surface area contributed by atoms with Gasteiger partial charge in [-0.2, -0.15) is 0 Å². The first-order valence-corrected chi connectivity index (χ1v) is 8.12. The van der Waals surface area contributed by atoms with Crippen molar-refractivity contribution < 1.29 is 19.1 Å². The van der Waals surface area contributed by atoms with Crippen LogP contribution in [0.1, 0.15) is 42.6 Å². The number of hydrogen-bond acceptors (Lipinski definition) is 4. The molecule has 2 aromatic carbocycles. The minimum Gasteiger partial charge on any atom is -0.497 e. The Kier molecular flexibility index (Phi) is 6.17. The lowest BCUT2D eigenvalue weighted by molar-refractivity contribution is -0.118. The Balaban J connectivity index is 2.05. The van der Waals surface area contributed by atoms with Gasteiger partial charge in [-0.3, -0.25) is 9.59 Å². The fraction of sp³-hybridized carbons (Fsp3) is 0.300. The van der Waals surface area contributed by atoms with E-state index in [4.69, 9.17) is 9.47 Å². The molecule has 0 radical (unpaired) electrons. The van der Waals surface area contributed by atoms with Crippen LogP contribution in [-0.4, -0.2) is 25.4 Å². The van der Waals surface area contributed by atoms with Crippen molar-refractivity contribution in [2.24, 2.45) is 0 Å². The summed E-state index contributed by atoms with van der Waals surface area (Å²) in [4.78, 5) is 23.8. The van der Waals surface area contributed by atoms with Gasteiger partial charge in [0.25, 0.3) is 5.91 Å². The summed E-state index contributed by atoms with van der Waals surface area (Å²) in [6.07, 6.45) is 0. The van der Waals surface area contributed by atoms with Crippen LogP contribution in [0.25, 0.3) is 0 Å². The topological polar surface area (TPSA) is 64.6 Å². The largest absolute Gasteiger partial charge is 0.497 e. The van der Waals surface area contributed by atoms with Crippen LogP contribution in [0.4, 0.5) is 5.69 Å². The van der Waals surface area contributed by atoms with Crippen LogP contribution in [0.15, 0.2) is 42.5 Å². The number of carbonyl (C=O) groups excluding carboxylic acids is 2. The summed E-state index contributed by atoms with van der Waals surface area (Å²) in [6.45, 7) is 5.44. The van der Waals surface area contributed by atoms with E-state index in [2.05, 4.69) is 19.2 Å². The molecule has 25 heavy (non-hydrogen) atoms. The normalized spacial score (nSPS) is 10.4. The second kappa shape index (κ2) is 8.33. The highest BCUT2D eigenvalue weighted by Gasteiger charge is 2.12. The van der Waals surface area contributed by atoms with Gasteiger partial charge in [0.2, 0.25) is 0 Å². The van der Waals surface area contributed by atoms with Gasteiger partial charge in [0, 0.05) is 11.8 Å². The fourth-order valence-corrected chi connectivity index (χ4v) is 2.36. The summed E-state index contributed by atoms with van der Waals surface area (Å²) in [5.74, 6) is 0.840. The Hall–Kier alpha value is -2.82. The van der Waals surface area contributed by atoms with Crippen LogP contribution in [-0.2, 0) is 4.79 Å². The highest BCUT2D eigenvalue weighted by Crippen LogP contribution is 2.25. The molecule has 0 fully saturated rings. The average Bonchev–Trinajstić information content (AvgIpc) is 2.59. The molecule has 0 aliphatic heterocycles. The smallest absolute Gasteiger partial charge is 0.262 e. The number of anilines is 1. The van der Waals surface area contributed by atoms with Gasteiger partial charge in [0.05, 0.1) is 12.7 Å². The van der Waals surface area contributed by atoms with Crippen molar-refractivity contribution in [3.63, 3.8) is 0 Å². The van der Waals surface area contributed by atoms with Gasteiger partial charge < -0.3 is 14.8 Å². The van der Waals surface area contributed by atoms with Crippen molar-refractivity contribution in [2.45, 2.75) is 26.7 Å². The maximum Gasteiger partial charge on any atom is 0.262 e. The lowest BCUT2D eigenvalue weighted by atomic mass is 10.0. The lowest BCUT2D eigenvalue weighted by Crippen LogP contribution is -2.21. The maximum absolute atomic E-state index is 12.2. The van der Waals surface area contributed by atoms with E-state index in [1.165, 1.54) is 14.0 Å². The van der Waals surface area contributed by atoms with E-state index in [9.17, 15) is 9.59 Å². The Morgan fingerprint density at radius 2 is 1.88 bits per heavy atom. The van der Waals surface area contributed by atoms with Gasteiger partial charge in [0.1, 0.15) is 11.5 Å². The Morgan fingerprint density at radius 3 is 2.52 bits per heavy atom. The third-order valence-electron chi connectivity index (χ3n) is 3.76. The summed E-state index contributed by atoms with van der Waals surface area (Å²) < 4.78 is 10.7. The number of amides is 1. The molecule has 0 aromatic heterocycles. The summed E-state index contributed by atoms with van der Waals surface area (Å²) in [6, 6.07) is 12.6. The number of ketones is 1. The molecule has 0 heterocycles. The van der Waals surface area contributed by atoms with E-state index in [0.717, 1.165) is 11.3 Å². The molecule has 0 bridgehead atoms. The predicted molar refractivity (Wildman–Crippen MR) is 97.7 cm³/mol. The van der Waals surface area contributed by atoms with E-state index >= 15 is 0 Å². The molecular formula is C20H23NO4. The summed E-state index contributed by atoms with van der Waals surface area (Å²) in [5.41, 5.74) is 2.28. The Labute approximate surface area is 148 Å². The highest BCUT2D eigenvalue weighted by atomic mass is 16.5. The first-order valence-electron chi connectivity index (χ1n) is 8.12. The average molecular weight is 341 g/mol. The molecule has 0 saturated heterocycles. The number of carbonyl (C=O) groups is 2. The van der Waals surface area contributed by atoms with E-state index < -0.39 is 0 Å². The zero-order valence-corrected chi connectivity index (χ0v) is 15.0. The zero-order chi connectivity index (χ0) is 18.4. The monoisotopic (exact) mass is 341 g/mol. The minimum absolute atomic E-state index is 0.136. The summed E-state index contributed by atoms with van der Waals surface area (Å²) in [5, 5.41) is 2.80. The molecule has 2 rings (SSSR count). The number of rotatable bonds is 7. The van der Waals surface area contributed by atoms with E-state index in [1.54, 1.807) is 18.2 Å². The molecule has 132 valence electrons. The summed E-state index contributed by atoms with van der Waals surface area (Å²) in [7, 11) is 1.53. The Morgan fingerprint density at radius 1 is 1.12 bits per heavy atom. The number of nitrogens with one attached hydrogen (secondary N) is 1. The molecule has 5 heteroatoms. The molecule has 5 nitrogen and oxygen atoms in total. The third-order valence-corrected chi connectivity index (χ3v) is 3.76. The molecule has 0 aliphatic carbocycles. The van der Waals surface area contributed by atoms with Crippen molar-refractivity contribution in [1.29, 1.82) is 0 Å². The first kappa shape index (κ1) is 18.5. The predicted octanol–water partition coefficient (Wildman–Crippen LogP) is 4.04. The van der Waals surface area contributed by atoms with E-state index in [-0.39, 0.29) is 18.3 Å². The quantitative estimate of drug-likeness (QED) is 0.772. The van der Waals surface area contributed by atoms with Gasteiger partial charge >= 0.3 is 0 Å². The van der Waals surface area contributed by atoms with E-state index in [1.807, 2.05) is 24.3 Å². The van der Waals surface area contributed by atoms with Crippen LogP contribution in [0.2, 0.25) is 0 Å². The van der Waals surface area contributed by atoms with Crippen molar-refractivity contribution in [3.8, 4) is 11.5 Å². The zero-order valence-electron chi connectivity index (χ0n) is 15.0. The second-order valence-electron chi connectivity index (χ2n) is 6.04. The molecular weight excluding hydrogens is 318 g/mol. The van der Waals surface area contributed by atoms with Crippen molar-refractivity contribution in [3.05, 3.63) is 53.6 Å². The van der Waals surface area contributed by atoms with Crippen molar-refractivity contribution in [1.82, 2.24) is 0 Å². The standard InChI is InChI=1S/C20H23NO4/c1-13(2)15-6-5-7-16(10-15)21-20(23)12-25-19-11-17(24-4)8-9-18(19)14(3)22/h5-11,13H,12H2,1-4H3,(H,21,23). The van der Waals surface area contributed by atoms with Crippen LogP contribution in [0.3, 0.4) is 0 Å². The Bertz CT molecular complexity index is 768. The van der Waals surface area contributed by atoms with Gasteiger partial charge in [0.15, 0.2) is 12.4 Å². The number of methoxy groups -OCH3 is 1. The number of Topliss-reactive ketones (excluding diaryl/α,β-unsaturated/α-hetero) is 1. The number of benzene rings is 2. The molecule has 1 N–H and O–H groups in total. The van der Waals surface area contributed by atoms with Crippen LogP contribution < -0.4 is 14.8 Å². The van der Waals surface area contributed by atoms with Gasteiger partial charge in [-0.15, -0.1) is 0 Å².